The maximum atomic E-state index is 12.6. The molecular formula is C26H26N4O2. The second kappa shape index (κ2) is 9.06. The number of aromatic nitrogens is 2. The smallest absolute Gasteiger partial charge is 0.251 e. The van der Waals surface area contributed by atoms with E-state index in [0.29, 0.717) is 23.9 Å². The number of amides is 1. The van der Waals surface area contributed by atoms with Gasteiger partial charge in [-0.05, 0) is 65.6 Å². The van der Waals surface area contributed by atoms with Gasteiger partial charge >= 0.3 is 0 Å². The first-order valence-corrected chi connectivity index (χ1v) is 10.5. The van der Waals surface area contributed by atoms with Crippen LogP contribution in [-0.2, 0) is 6.54 Å². The van der Waals surface area contributed by atoms with Gasteiger partial charge in [-0.15, -0.1) is 10.2 Å². The summed E-state index contributed by atoms with van der Waals surface area (Å²) in [6.07, 6.45) is 0. The van der Waals surface area contributed by atoms with Crippen molar-refractivity contribution in [2.45, 2.75) is 20.4 Å². The van der Waals surface area contributed by atoms with Crippen molar-refractivity contribution in [1.82, 2.24) is 15.5 Å². The van der Waals surface area contributed by atoms with Crippen LogP contribution >= 0.6 is 0 Å². The molecule has 1 heterocycles. The van der Waals surface area contributed by atoms with Gasteiger partial charge in [0.2, 0.25) is 11.8 Å². The summed E-state index contributed by atoms with van der Waals surface area (Å²) in [5.41, 5.74) is 6.87. The molecule has 1 aromatic heterocycles. The largest absolute Gasteiger partial charge is 0.421 e. The van der Waals surface area contributed by atoms with Gasteiger partial charge in [-0.2, -0.15) is 0 Å². The van der Waals surface area contributed by atoms with Gasteiger partial charge in [-0.3, -0.25) is 4.79 Å². The summed E-state index contributed by atoms with van der Waals surface area (Å²) >= 11 is 0. The zero-order chi connectivity index (χ0) is 22.7. The minimum Gasteiger partial charge on any atom is -0.421 e. The zero-order valence-corrected chi connectivity index (χ0v) is 18.7. The maximum absolute atomic E-state index is 12.6. The molecule has 6 nitrogen and oxygen atoms in total. The van der Waals surface area contributed by atoms with E-state index in [1.165, 1.54) is 0 Å². The molecule has 0 aliphatic heterocycles. The summed E-state index contributed by atoms with van der Waals surface area (Å²) in [5.74, 6) is 0.933. The molecule has 0 radical (unpaired) electrons. The Morgan fingerprint density at radius 3 is 2.38 bits per heavy atom. The number of carbonyl (C=O) groups excluding carboxylic acids is 1. The monoisotopic (exact) mass is 426 g/mol. The summed E-state index contributed by atoms with van der Waals surface area (Å²) in [6.45, 7) is 4.31. The van der Waals surface area contributed by atoms with E-state index in [9.17, 15) is 4.79 Å². The maximum Gasteiger partial charge on any atom is 0.251 e. The molecule has 0 saturated carbocycles. The minimum absolute atomic E-state index is 0.0985. The fourth-order valence-electron chi connectivity index (χ4n) is 3.51. The third kappa shape index (κ3) is 4.70. The van der Waals surface area contributed by atoms with Crippen LogP contribution in [0.15, 0.2) is 71.1 Å². The number of nitrogens with one attached hydrogen (secondary N) is 1. The molecule has 1 N–H and O–H groups in total. The van der Waals surface area contributed by atoms with Gasteiger partial charge in [0.1, 0.15) is 0 Å². The molecule has 0 unspecified atom stereocenters. The van der Waals surface area contributed by atoms with Crippen LogP contribution in [0.2, 0.25) is 0 Å². The minimum atomic E-state index is -0.0985. The Morgan fingerprint density at radius 1 is 0.938 bits per heavy atom. The van der Waals surface area contributed by atoms with Crippen LogP contribution in [0.1, 0.15) is 27.4 Å². The Balaban J connectivity index is 1.48. The molecule has 32 heavy (non-hydrogen) atoms. The van der Waals surface area contributed by atoms with Crippen LogP contribution in [0, 0.1) is 13.8 Å². The van der Waals surface area contributed by atoms with E-state index in [1.807, 2.05) is 79.7 Å². The predicted octanol–water partition coefficient (Wildman–Crippen LogP) is 5.02. The SMILES string of the molecule is Cc1nnc(-c2ccc(C)c(-c3ccc(C(=O)NCc4cccc(N(C)C)c4)cc3)c2)o1. The van der Waals surface area contributed by atoms with Gasteiger partial charge in [0.25, 0.3) is 5.91 Å². The van der Waals surface area contributed by atoms with E-state index in [4.69, 9.17) is 4.42 Å². The van der Waals surface area contributed by atoms with E-state index in [2.05, 4.69) is 28.5 Å². The molecule has 0 atom stereocenters. The van der Waals surface area contributed by atoms with Gasteiger partial charge in [0.15, 0.2) is 0 Å². The number of anilines is 1. The normalized spacial score (nSPS) is 10.8. The Labute approximate surface area is 187 Å². The van der Waals surface area contributed by atoms with E-state index < -0.39 is 0 Å². The number of benzene rings is 3. The predicted molar refractivity (Wildman–Crippen MR) is 127 cm³/mol. The highest BCUT2D eigenvalue weighted by Gasteiger charge is 2.11. The molecular weight excluding hydrogens is 400 g/mol. The van der Waals surface area contributed by atoms with Crippen molar-refractivity contribution in [1.29, 1.82) is 0 Å². The summed E-state index contributed by atoms with van der Waals surface area (Å²) in [5, 5.41) is 11.0. The molecule has 0 spiro atoms. The topological polar surface area (TPSA) is 71.3 Å². The third-order valence-electron chi connectivity index (χ3n) is 5.35. The lowest BCUT2D eigenvalue weighted by atomic mass is 9.97. The zero-order valence-electron chi connectivity index (χ0n) is 18.7. The van der Waals surface area contributed by atoms with Crippen molar-refractivity contribution < 1.29 is 9.21 Å². The summed E-state index contributed by atoms with van der Waals surface area (Å²) < 4.78 is 5.56. The van der Waals surface area contributed by atoms with Crippen LogP contribution in [0.4, 0.5) is 5.69 Å². The molecule has 0 aliphatic rings. The van der Waals surface area contributed by atoms with Gasteiger partial charge in [-0.25, -0.2) is 0 Å². The first-order chi connectivity index (χ1) is 15.4. The number of nitrogens with zero attached hydrogens (tertiary/aromatic N) is 3. The highest BCUT2D eigenvalue weighted by atomic mass is 16.4. The summed E-state index contributed by atoms with van der Waals surface area (Å²) in [6, 6.07) is 21.8. The van der Waals surface area contributed by atoms with Crippen molar-refractivity contribution in [3.05, 3.63) is 89.3 Å². The lowest BCUT2D eigenvalue weighted by Crippen LogP contribution is -2.22. The average Bonchev–Trinajstić information content (AvgIpc) is 3.24. The quantitative estimate of drug-likeness (QED) is 0.469. The van der Waals surface area contributed by atoms with Crippen LogP contribution in [0.5, 0.6) is 0 Å². The molecule has 0 aliphatic carbocycles. The van der Waals surface area contributed by atoms with Crippen LogP contribution in [0.3, 0.4) is 0 Å². The van der Waals surface area contributed by atoms with Crippen LogP contribution in [0.25, 0.3) is 22.6 Å². The molecule has 162 valence electrons. The molecule has 4 rings (SSSR count). The van der Waals surface area contributed by atoms with E-state index in [0.717, 1.165) is 33.5 Å². The third-order valence-corrected chi connectivity index (χ3v) is 5.35. The van der Waals surface area contributed by atoms with E-state index in [1.54, 1.807) is 6.92 Å². The number of hydrogen-bond acceptors (Lipinski definition) is 5. The van der Waals surface area contributed by atoms with Gasteiger partial charge in [-0.1, -0.05) is 30.3 Å². The van der Waals surface area contributed by atoms with Crippen molar-refractivity contribution in [2.24, 2.45) is 0 Å². The number of hydrogen-bond donors (Lipinski definition) is 1. The van der Waals surface area contributed by atoms with Gasteiger partial charge in [0.05, 0.1) is 0 Å². The fraction of sp³-hybridized carbons (Fsp3) is 0.192. The number of carbonyl (C=O) groups is 1. The van der Waals surface area contributed by atoms with Crippen molar-refractivity contribution in [3.8, 4) is 22.6 Å². The molecule has 1 amide bonds. The van der Waals surface area contributed by atoms with Crippen molar-refractivity contribution in [3.63, 3.8) is 0 Å². The Bertz CT molecular complexity index is 1240. The van der Waals surface area contributed by atoms with Crippen molar-refractivity contribution >= 4 is 11.6 Å². The van der Waals surface area contributed by atoms with Gasteiger partial charge in [0, 0.05) is 44.4 Å². The lowest BCUT2D eigenvalue weighted by molar-refractivity contribution is 0.0951. The first-order valence-electron chi connectivity index (χ1n) is 10.5. The lowest BCUT2D eigenvalue weighted by Gasteiger charge is -2.14. The molecule has 0 saturated heterocycles. The first kappa shape index (κ1) is 21.3. The Morgan fingerprint density at radius 2 is 1.69 bits per heavy atom. The second-order valence-electron chi connectivity index (χ2n) is 7.98. The van der Waals surface area contributed by atoms with Gasteiger partial charge < -0.3 is 14.6 Å². The highest BCUT2D eigenvalue weighted by Crippen LogP contribution is 2.29. The molecule has 3 aromatic carbocycles. The summed E-state index contributed by atoms with van der Waals surface area (Å²) in [7, 11) is 4.00. The molecule has 0 bridgehead atoms. The standard InChI is InChI=1S/C26H26N4O2/c1-17-8-9-22(26-29-28-18(2)32-26)15-24(17)20-10-12-21(13-11-20)25(31)27-16-19-6-5-7-23(14-19)30(3)4/h5-15H,16H2,1-4H3,(H,27,31). The van der Waals surface area contributed by atoms with Crippen LogP contribution in [-0.4, -0.2) is 30.2 Å². The number of aryl methyl sites for hydroxylation is 2. The number of rotatable bonds is 6. The molecule has 4 aromatic rings. The highest BCUT2D eigenvalue weighted by molar-refractivity contribution is 5.94. The molecule has 0 fully saturated rings. The van der Waals surface area contributed by atoms with Crippen molar-refractivity contribution in [2.75, 3.05) is 19.0 Å². The van der Waals surface area contributed by atoms with E-state index >= 15 is 0 Å². The summed E-state index contributed by atoms with van der Waals surface area (Å²) in [4.78, 5) is 14.7. The average molecular weight is 427 g/mol. The molecule has 6 heteroatoms. The second-order valence-corrected chi connectivity index (χ2v) is 7.98. The Kier molecular flexibility index (Phi) is 6.03. The van der Waals surface area contributed by atoms with E-state index in [-0.39, 0.29) is 5.91 Å². The Hall–Kier alpha value is -3.93. The van der Waals surface area contributed by atoms with Crippen LogP contribution < -0.4 is 10.2 Å². The fourth-order valence-corrected chi connectivity index (χ4v) is 3.51.